The molecule has 32 heavy (non-hydrogen) atoms. The maximum absolute atomic E-state index is 12.7. The van der Waals surface area contributed by atoms with E-state index in [1.54, 1.807) is 66.0 Å². The van der Waals surface area contributed by atoms with E-state index in [1.165, 1.54) is 23.7 Å². The van der Waals surface area contributed by atoms with Crippen LogP contribution < -0.4 is 16.0 Å². The Kier molecular flexibility index (Phi) is 6.34. The molecule has 0 atom stereocenters. The Labute approximate surface area is 192 Å². The number of hydrogen-bond donors (Lipinski definition) is 3. The Morgan fingerprint density at radius 2 is 1.50 bits per heavy atom. The summed E-state index contributed by atoms with van der Waals surface area (Å²) in [5, 5.41) is 10.3. The van der Waals surface area contributed by atoms with Gasteiger partial charge in [0.25, 0.3) is 17.7 Å². The van der Waals surface area contributed by atoms with Gasteiger partial charge in [0.1, 0.15) is 0 Å². The first-order chi connectivity index (χ1) is 15.5. The third kappa shape index (κ3) is 5.05. The minimum Gasteiger partial charge on any atom is -0.459 e. The quantitative estimate of drug-likeness (QED) is 0.337. The van der Waals surface area contributed by atoms with E-state index in [1.807, 2.05) is 0 Å². The topological polar surface area (TPSA) is 100 Å². The lowest BCUT2D eigenvalue weighted by Gasteiger charge is -2.10. The van der Waals surface area contributed by atoms with E-state index in [-0.39, 0.29) is 23.5 Å². The Balaban J connectivity index is 1.41. The molecule has 3 amide bonds. The second kappa shape index (κ2) is 9.51. The van der Waals surface area contributed by atoms with E-state index in [0.29, 0.717) is 32.5 Å². The molecule has 0 spiro atoms. The zero-order valence-corrected chi connectivity index (χ0v) is 18.0. The number of hydrogen-bond acceptors (Lipinski definition) is 5. The van der Waals surface area contributed by atoms with Crippen LogP contribution in [0.1, 0.15) is 30.6 Å². The standard InChI is InChI=1S/C23H16ClN3O4S/c24-17-10-5-14(13-18(17)27-23(30)20-4-2-12-32-20)21(28)25-15-6-8-16(9-7-15)26-22(29)19-3-1-11-31-19/h1-13H,(H,25,28)(H,26,29)(H,27,30). The van der Waals surface area contributed by atoms with Crippen LogP contribution >= 0.6 is 22.9 Å². The van der Waals surface area contributed by atoms with Crippen molar-refractivity contribution >= 4 is 57.7 Å². The van der Waals surface area contributed by atoms with Crippen LogP contribution in [0.4, 0.5) is 17.1 Å². The number of thiophene rings is 1. The fraction of sp³-hybridized carbons (Fsp3) is 0. The van der Waals surface area contributed by atoms with E-state index in [9.17, 15) is 14.4 Å². The van der Waals surface area contributed by atoms with Crippen LogP contribution in [0, 0.1) is 0 Å². The molecule has 4 aromatic rings. The summed E-state index contributed by atoms with van der Waals surface area (Å²) in [6.45, 7) is 0. The molecule has 2 heterocycles. The van der Waals surface area contributed by atoms with E-state index in [4.69, 9.17) is 16.0 Å². The second-order valence-corrected chi connectivity index (χ2v) is 7.94. The minimum atomic E-state index is -0.374. The molecule has 0 aliphatic rings. The molecule has 9 heteroatoms. The summed E-state index contributed by atoms with van der Waals surface area (Å²) < 4.78 is 5.05. The van der Waals surface area contributed by atoms with Crippen molar-refractivity contribution in [2.45, 2.75) is 0 Å². The van der Waals surface area contributed by atoms with Gasteiger partial charge >= 0.3 is 0 Å². The van der Waals surface area contributed by atoms with Gasteiger partial charge in [0.2, 0.25) is 0 Å². The average molecular weight is 466 g/mol. The van der Waals surface area contributed by atoms with Gasteiger partial charge in [-0.05, 0) is 66.0 Å². The van der Waals surface area contributed by atoms with Crippen molar-refractivity contribution in [2.24, 2.45) is 0 Å². The van der Waals surface area contributed by atoms with Gasteiger partial charge in [0.15, 0.2) is 5.76 Å². The average Bonchev–Trinajstić information content (AvgIpc) is 3.51. The van der Waals surface area contributed by atoms with Crippen molar-refractivity contribution in [3.63, 3.8) is 0 Å². The van der Waals surface area contributed by atoms with Crippen LogP contribution in [0.3, 0.4) is 0 Å². The monoisotopic (exact) mass is 465 g/mol. The molecule has 0 saturated heterocycles. The van der Waals surface area contributed by atoms with E-state index in [0.717, 1.165) is 0 Å². The number of amides is 3. The summed E-state index contributed by atoms with van der Waals surface area (Å²) >= 11 is 7.48. The molecule has 3 N–H and O–H groups in total. The highest BCUT2D eigenvalue weighted by Crippen LogP contribution is 2.25. The van der Waals surface area contributed by atoms with Gasteiger partial charge in [-0.1, -0.05) is 17.7 Å². The molecule has 4 rings (SSSR count). The molecule has 0 aliphatic carbocycles. The van der Waals surface area contributed by atoms with Crippen LogP contribution in [-0.4, -0.2) is 17.7 Å². The zero-order chi connectivity index (χ0) is 22.5. The fourth-order valence-electron chi connectivity index (χ4n) is 2.79. The number of nitrogens with one attached hydrogen (secondary N) is 3. The Hall–Kier alpha value is -3.88. The normalized spacial score (nSPS) is 10.4. The predicted octanol–water partition coefficient (Wildman–Crippen LogP) is 5.75. The first-order valence-electron chi connectivity index (χ1n) is 9.40. The largest absolute Gasteiger partial charge is 0.459 e. The lowest BCUT2D eigenvalue weighted by molar-refractivity contribution is 0.0993. The summed E-state index contributed by atoms with van der Waals surface area (Å²) in [5.41, 5.74) is 1.75. The van der Waals surface area contributed by atoms with Crippen LogP contribution in [-0.2, 0) is 0 Å². The van der Waals surface area contributed by atoms with Crippen molar-refractivity contribution in [2.75, 3.05) is 16.0 Å². The van der Waals surface area contributed by atoms with E-state index in [2.05, 4.69) is 16.0 Å². The third-order valence-corrected chi connectivity index (χ3v) is 5.57. The highest BCUT2D eigenvalue weighted by Gasteiger charge is 2.14. The van der Waals surface area contributed by atoms with Gasteiger partial charge in [-0.3, -0.25) is 14.4 Å². The maximum atomic E-state index is 12.7. The van der Waals surface area contributed by atoms with Crippen LogP contribution in [0.15, 0.2) is 82.8 Å². The number of carbonyl (C=O) groups is 3. The number of carbonyl (C=O) groups excluding carboxylic acids is 3. The third-order valence-electron chi connectivity index (χ3n) is 4.37. The molecule has 160 valence electrons. The van der Waals surface area contributed by atoms with Crippen LogP contribution in [0.5, 0.6) is 0 Å². The van der Waals surface area contributed by atoms with Gasteiger partial charge in [0, 0.05) is 16.9 Å². The number of halogens is 1. The molecule has 0 aliphatic heterocycles. The van der Waals surface area contributed by atoms with E-state index < -0.39 is 0 Å². The van der Waals surface area contributed by atoms with Gasteiger partial charge in [0.05, 0.1) is 21.9 Å². The van der Waals surface area contributed by atoms with Crippen molar-refractivity contribution in [1.82, 2.24) is 0 Å². The van der Waals surface area contributed by atoms with Crippen LogP contribution in [0.2, 0.25) is 5.02 Å². The molecule has 0 radical (unpaired) electrons. The first kappa shape index (κ1) is 21.4. The molecule has 2 aromatic carbocycles. The molecule has 0 fully saturated rings. The lowest BCUT2D eigenvalue weighted by atomic mass is 10.1. The molecule has 0 unspecified atom stereocenters. The summed E-state index contributed by atoms with van der Waals surface area (Å²) in [7, 11) is 0. The Morgan fingerprint density at radius 3 is 2.12 bits per heavy atom. The molecule has 2 aromatic heterocycles. The smallest absolute Gasteiger partial charge is 0.291 e. The molecule has 0 saturated carbocycles. The zero-order valence-electron chi connectivity index (χ0n) is 16.4. The second-order valence-electron chi connectivity index (χ2n) is 6.59. The van der Waals surface area contributed by atoms with Gasteiger partial charge in [-0.25, -0.2) is 0 Å². The predicted molar refractivity (Wildman–Crippen MR) is 125 cm³/mol. The highest BCUT2D eigenvalue weighted by molar-refractivity contribution is 7.12. The molecule has 7 nitrogen and oxygen atoms in total. The SMILES string of the molecule is O=C(Nc1ccc(NC(=O)c2ccco2)cc1)c1ccc(Cl)c(NC(=O)c2cccs2)c1. The van der Waals surface area contributed by atoms with Crippen molar-refractivity contribution in [1.29, 1.82) is 0 Å². The highest BCUT2D eigenvalue weighted by atomic mass is 35.5. The maximum Gasteiger partial charge on any atom is 0.291 e. The summed E-state index contributed by atoms with van der Waals surface area (Å²) in [4.78, 5) is 37.5. The van der Waals surface area contributed by atoms with Crippen molar-refractivity contribution in [3.05, 3.63) is 99.6 Å². The Morgan fingerprint density at radius 1 is 0.781 bits per heavy atom. The number of anilines is 3. The van der Waals surface area contributed by atoms with Crippen molar-refractivity contribution < 1.29 is 18.8 Å². The van der Waals surface area contributed by atoms with Crippen molar-refractivity contribution in [3.8, 4) is 0 Å². The number of rotatable bonds is 6. The van der Waals surface area contributed by atoms with Gasteiger partial charge in [-0.15, -0.1) is 11.3 Å². The number of furan rings is 1. The minimum absolute atomic E-state index is 0.201. The number of benzene rings is 2. The molecular weight excluding hydrogens is 450 g/mol. The van der Waals surface area contributed by atoms with Gasteiger partial charge in [-0.2, -0.15) is 0 Å². The summed E-state index contributed by atoms with van der Waals surface area (Å²) in [6, 6.07) is 17.9. The lowest BCUT2D eigenvalue weighted by Crippen LogP contribution is -2.14. The Bertz CT molecular complexity index is 1250. The van der Waals surface area contributed by atoms with E-state index >= 15 is 0 Å². The fourth-order valence-corrected chi connectivity index (χ4v) is 3.58. The van der Waals surface area contributed by atoms with Crippen LogP contribution in [0.25, 0.3) is 0 Å². The molecule has 0 bridgehead atoms. The summed E-state index contributed by atoms with van der Waals surface area (Å²) in [5.74, 6) is -0.843. The van der Waals surface area contributed by atoms with Gasteiger partial charge < -0.3 is 20.4 Å². The first-order valence-corrected chi connectivity index (χ1v) is 10.7. The molecular formula is C23H16ClN3O4S. The summed E-state index contributed by atoms with van der Waals surface area (Å²) in [6.07, 6.45) is 1.42.